The number of hydrogen-bond acceptors (Lipinski definition) is 1. The van der Waals surface area contributed by atoms with Crippen LogP contribution in [-0.4, -0.2) is 11.2 Å². The summed E-state index contributed by atoms with van der Waals surface area (Å²) in [6.07, 6.45) is 8.57. The smallest absolute Gasteiger partial charge is 0.0574 e. The van der Waals surface area contributed by atoms with Crippen LogP contribution in [0.25, 0.3) is 0 Å². The summed E-state index contributed by atoms with van der Waals surface area (Å²) in [6.45, 7) is 10.9. The van der Waals surface area contributed by atoms with Gasteiger partial charge in [-0.25, -0.2) is 0 Å². The molecule has 3 unspecified atom stereocenters. The van der Waals surface area contributed by atoms with Gasteiger partial charge in [0, 0.05) is 0 Å². The molecule has 0 aromatic heterocycles. The van der Waals surface area contributed by atoms with Crippen LogP contribution in [0.5, 0.6) is 0 Å². The third kappa shape index (κ3) is 3.62. The van der Waals surface area contributed by atoms with Crippen LogP contribution in [0.4, 0.5) is 0 Å². The van der Waals surface area contributed by atoms with Crippen molar-refractivity contribution in [2.75, 3.05) is 0 Å². The van der Waals surface area contributed by atoms with Gasteiger partial charge in [-0.15, -0.1) is 6.58 Å². The Morgan fingerprint density at radius 3 is 2.75 bits per heavy atom. The van der Waals surface area contributed by atoms with Crippen LogP contribution < -0.4 is 0 Å². The normalized spacial score (nSPS) is 31.0. The summed E-state index contributed by atoms with van der Waals surface area (Å²) >= 11 is 0. The highest BCUT2D eigenvalue weighted by atomic mass is 16.3. The second-order valence-corrected chi connectivity index (χ2v) is 6.22. The van der Waals surface area contributed by atoms with E-state index < -0.39 is 0 Å². The molecule has 1 heteroatoms. The van der Waals surface area contributed by atoms with Crippen molar-refractivity contribution in [3.8, 4) is 0 Å². The molecular weight excluding hydrogens is 196 g/mol. The SMILES string of the molecule is C=CCC(O)CCC1C(C)CCCC1(C)C. The minimum atomic E-state index is -0.178. The molecule has 1 aliphatic carbocycles. The number of rotatable bonds is 5. The van der Waals surface area contributed by atoms with Crippen molar-refractivity contribution < 1.29 is 5.11 Å². The highest BCUT2D eigenvalue weighted by Gasteiger charge is 2.36. The van der Waals surface area contributed by atoms with Crippen molar-refractivity contribution in [2.45, 2.75) is 65.4 Å². The van der Waals surface area contributed by atoms with Crippen LogP contribution in [0.1, 0.15) is 59.3 Å². The molecular formula is C15H28O. The summed E-state index contributed by atoms with van der Waals surface area (Å²) in [7, 11) is 0. The maximum atomic E-state index is 9.77. The molecule has 0 bridgehead atoms. The first kappa shape index (κ1) is 13.8. The minimum absolute atomic E-state index is 0.178. The molecule has 1 fully saturated rings. The molecule has 0 heterocycles. The van der Waals surface area contributed by atoms with Gasteiger partial charge in [-0.3, -0.25) is 0 Å². The lowest BCUT2D eigenvalue weighted by Gasteiger charge is -2.43. The van der Waals surface area contributed by atoms with Gasteiger partial charge >= 0.3 is 0 Å². The van der Waals surface area contributed by atoms with Gasteiger partial charge in [-0.2, -0.15) is 0 Å². The van der Waals surface area contributed by atoms with Gasteiger partial charge in [0.15, 0.2) is 0 Å². The fourth-order valence-electron chi connectivity index (χ4n) is 3.39. The molecule has 16 heavy (non-hydrogen) atoms. The van der Waals surface area contributed by atoms with E-state index in [-0.39, 0.29) is 6.10 Å². The summed E-state index contributed by atoms with van der Waals surface area (Å²) in [4.78, 5) is 0. The zero-order valence-corrected chi connectivity index (χ0v) is 11.2. The van der Waals surface area contributed by atoms with Gasteiger partial charge in [0.2, 0.25) is 0 Å². The Balaban J connectivity index is 2.46. The van der Waals surface area contributed by atoms with E-state index in [4.69, 9.17) is 0 Å². The molecule has 3 atom stereocenters. The summed E-state index contributed by atoms with van der Waals surface area (Å²) < 4.78 is 0. The van der Waals surface area contributed by atoms with Crippen LogP contribution >= 0.6 is 0 Å². The van der Waals surface area contributed by atoms with E-state index in [1.54, 1.807) is 0 Å². The lowest BCUT2D eigenvalue weighted by molar-refractivity contribution is 0.0582. The van der Waals surface area contributed by atoms with E-state index in [0.29, 0.717) is 5.41 Å². The summed E-state index contributed by atoms with van der Waals surface area (Å²) in [6, 6.07) is 0. The van der Waals surface area contributed by atoms with Crippen molar-refractivity contribution in [2.24, 2.45) is 17.3 Å². The molecule has 1 rings (SSSR count). The predicted molar refractivity (Wildman–Crippen MR) is 70.3 cm³/mol. The van der Waals surface area contributed by atoms with E-state index in [0.717, 1.165) is 24.7 Å². The zero-order chi connectivity index (χ0) is 12.2. The molecule has 1 aliphatic rings. The molecule has 1 saturated carbocycles. The largest absolute Gasteiger partial charge is 0.393 e. The van der Waals surface area contributed by atoms with Crippen LogP contribution in [0.3, 0.4) is 0 Å². The minimum Gasteiger partial charge on any atom is -0.393 e. The average Bonchev–Trinajstić information content (AvgIpc) is 2.16. The zero-order valence-electron chi connectivity index (χ0n) is 11.2. The van der Waals surface area contributed by atoms with Crippen molar-refractivity contribution >= 4 is 0 Å². The number of aliphatic hydroxyl groups excluding tert-OH is 1. The van der Waals surface area contributed by atoms with Crippen molar-refractivity contribution in [1.29, 1.82) is 0 Å². The Bertz CT molecular complexity index is 219. The van der Waals surface area contributed by atoms with Crippen LogP contribution in [0.15, 0.2) is 12.7 Å². The van der Waals surface area contributed by atoms with Crippen molar-refractivity contribution in [3.05, 3.63) is 12.7 Å². The molecule has 1 nitrogen and oxygen atoms in total. The van der Waals surface area contributed by atoms with Gasteiger partial charge in [0.05, 0.1) is 6.10 Å². The monoisotopic (exact) mass is 224 g/mol. The van der Waals surface area contributed by atoms with Gasteiger partial charge in [-0.05, 0) is 42.9 Å². The first-order valence-corrected chi connectivity index (χ1v) is 6.76. The second kappa shape index (κ2) is 5.86. The summed E-state index contributed by atoms with van der Waals surface area (Å²) in [5.74, 6) is 1.60. The lowest BCUT2D eigenvalue weighted by Crippen LogP contribution is -2.34. The molecule has 0 spiro atoms. The molecule has 1 N–H and O–H groups in total. The molecule has 0 amide bonds. The fraction of sp³-hybridized carbons (Fsp3) is 0.867. The average molecular weight is 224 g/mol. The molecule has 0 saturated heterocycles. The van der Waals surface area contributed by atoms with E-state index >= 15 is 0 Å². The van der Waals surface area contributed by atoms with Crippen LogP contribution in [0.2, 0.25) is 0 Å². The fourth-order valence-corrected chi connectivity index (χ4v) is 3.39. The number of hydrogen-bond donors (Lipinski definition) is 1. The molecule has 0 aromatic rings. The third-order valence-electron chi connectivity index (χ3n) is 4.42. The lowest BCUT2D eigenvalue weighted by atomic mass is 9.62. The first-order valence-electron chi connectivity index (χ1n) is 6.76. The summed E-state index contributed by atoms with van der Waals surface area (Å²) in [5, 5.41) is 9.77. The van der Waals surface area contributed by atoms with Gasteiger partial charge in [-0.1, -0.05) is 39.7 Å². The molecule has 0 aliphatic heterocycles. The quantitative estimate of drug-likeness (QED) is 0.695. The Morgan fingerprint density at radius 2 is 2.19 bits per heavy atom. The first-order chi connectivity index (χ1) is 7.47. The third-order valence-corrected chi connectivity index (χ3v) is 4.42. The second-order valence-electron chi connectivity index (χ2n) is 6.22. The van der Waals surface area contributed by atoms with E-state index in [1.165, 1.54) is 25.7 Å². The van der Waals surface area contributed by atoms with Crippen LogP contribution in [0, 0.1) is 17.3 Å². The summed E-state index contributed by atoms with van der Waals surface area (Å²) in [5.41, 5.74) is 0.464. The Morgan fingerprint density at radius 1 is 1.50 bits per heavy atom. The Hall–Kier alpha value is -0.300. The van der Waals surface area contributed by atoms with Gasteiger partial charge < -0.3 is 5.11 Å². The number of aliphatic hydroxyl groups is 1. The van der Waals surface area contributed by atoms with E-state index in [2.05, 4.69) is 27.4 Å². The highest BCUT2D eigenvalue weighted by Crippen LogP contribution is 2.46. The molecule has 94 valence electrons. The Kier molecular flexibility index (Phi) is 5.04. The Labute approximate surface area is 101 Å². The van der Waals surface area contributed by atoms with Gasteiger partial charge in [0.25, 0.3) is 0 Å². The van der Waals surface area contributed by atoms with Gasteiger partial charge in [0.1, 0.15) is 0 Å². The van der Waals surface area contributed by atoms with E-state index in [9.17, 15) is 5.11 Å². The predicted octanol–water partition coefficient (Wildman–Crippen LogP) is 4.17. The van der Waals surface area contributed by atoms with Crippen molar-refractivity contribution in [3.63, 3.8) is 0 Å². The highest BCUT2D eigenvalue weighted by molar-refractivity contribution is 4.87. The van der Waals surface area contributed by atoms with E-state index in [1.807, 2.05) is 6.08 Å². The maximum Gasteiger partial charge on any atom is 0.0574 e. The topological polar surface area (TPSA) is 20.2 Å². The van der Waals surface area contributed by atoms with Crippen molar-refractivity contribution in [1.82, 2.24) is 0 Å². The maximum absolute atomic E-state index is 9.77. The van der Waals surface area contributed by atoms with Crippen LogP contribution in [-0.2, 0) is 0 Å². The molecule has 0 aromatic carbocycles. The standard InChI is InChI=1S/C15H28O/c1-5-7-13(16)9-10-14-12(2)8-6-11-15(14,3)4/h5,12-14,16H,1,6-11H2,2-4H3. The molecule has 0 radical (unpaired) electrons.